The molecule has 0 aliphatic heterocycles. The van der Waals surface area contributed by atoms with E-state index in [0.717, 1.165) is 17.1 Å². The standard InChI is InChI=1S/C21H23FN6O3/c1-4-28-18-11(9-25-28)5-6-15(19(18)31-3)26-16-8-17(24-10-13(16)20(29)23-2)27-21(30)12-7-14(12)22/h5-6,8-10,12,14H,4,7H2,1-3H3,(H,23,29)(H2,24,26,27,30)/t12-,14+/m1/s1/i2D3. The summed E-state index contributed by atoms with van der Waals surface area (Å²) in [7, 11) is 1.50. The third kappa shape index (κ3) is 3.88. The molecule has 3 N–H and O–H groups in total. The van der Waals surface area contributed by atoms with Crippen molar-refractivity contribution in [2.24, 2.45) is 5.92 Å². The maximum absolute atomic E-state index is 13.2. The molecule has 0 unspecified atom stereocenters. The second kappa shape index (κ2) is 8.21. The molecule has 9 nitrogen and oxygen atoms in total. The van der Waals surface area contributed by atoms with Crippen molar-refractivity contribution in [2.45, 2.75) is 26.1 Å². The normalized spacial score (nSPS) is 19.1. The molecule has 2 aromatic heterocycles. The monoisotopic (exact) mass is 429 g/mol. The molecule has 0 radical (unpaired) electrons. The van der Waals surface area contributed by atoms with E-state index in [1.165, 1.54) is 13.2 Å². The number of carbonyl (C=O) groups excluding carboxylic acids is 2. The third-order valence-electron chi connectivity index (χ3n) is 5.09. The van der Waals surface area contributed by atoms with Crippen LogP contribution in [-0.2, 0) is 11.3 Å². The van der Waals surface area contributed by atoms with Gasteiger partial charge in [-0.2, -0.15) is 5.10 Å². The molecule has 2 atom stereocenters. The molecular weight excluding hydrogens is 403 g/mol. The highest BCUT2D eigenvalue weighted by Crippen LogP contribution is 2.37. The highest BCUT2D eigenvalue weighted by Gasteiger charge is 2.43. The number of pyridine rings is 1. The minimum absolute atomic E-state index is 0.0740. The van der Waals surface area contributed by atoms with E-state index in [-0.39, 0.29) is 23.5 Å². The number of anilines is 3. The Morgan fingerprint density at radius 3 is 2.84 bits per heavy atom. The zero-order valence-electron chi connectivity index (χ0n) is 19.9. The first kappa shape index (κ1) is 17.0. The van der Waals surface area contributed by atoms with Crippen LogP contribution >= 0.6 is 0 Å². The number of methoxy groups -OCH3 is 1. The summed E-state index contributed by atoms with van der Waals surface area (Å²) in [5, 5.41) is 12.7. The molecular formula is C21H23FN6O3. The predicted octanol–water partition coefficient (Wildman–Crippen LogP) is 2.86. The Labute approximate surface area is 182 Å². The van der Waals surface area contributed by atoms with E-state index in [9.17, 15) is 14.0 Å². The molecule has 3 aromatic rings. The molecule has 1 aliphatic carbocycles. The fraction of sp³-hybridized carbons (Fsp3) is 0.333. The van der Waals surface area contributed by atoms with Crippen LogP contribution in [0.25, 0.3) is 10.9 Å². The Kier molecular flexibility index (Phi) is 4.51. The molecule has 2 heterocycles. The van der Waals surface area contributed by atoms with E-state index in [0.29, 0.717) is 18.0 Å². The lowest BCUT2D eigenvalue weighted by atomic mass is 10.1. The van der Waals surface area contributed by atoms with Crippen LogP contribution in [0.15, 0.2) is 30.6 Å². The molecule has 162 valence electrons. The number of benzene rings is 1. The van der Waals surface area contributed by atoms with Gasteiger partial charge in [0.05, 0.1) is 36.2 Å². The van der Waals surface area contributed by atoms with E-state index in [1.54, 1.807) is 16.9 Å². The highest BCUT2D eigenvalue weighted by atomic mass is 19.1. The van der Waals surface area contributed by atoms with Crippen LogP contribution in [-0.4, -0.2) is 46.8 Å². The second-order valence-electron chi connectivity index (χ2n) is 7.09. The van der Waals surface area contributed by atoms with Gasteiger partial charge >= 0.3 is 0 Å². The average Bonchev–Trinajstić information content (AvgIpc) is 3.36. The van der Waals surface area contributed by atoms with Crippen molar-refractivity contribution in [3.63, 3.8) is 0 Å². The number of carbonyl (C=O) groups is 2. The number of rotatable bonds is 7. The lowest BCUT2D eigenvalue weighted by molar-refractivity contribution is -0.117. The summed E-state index contributed by atoms with van der Waals surface area (Å²) in [6.45, 7) is -0.186. The number of alkyl halides is 1. The lowest BCUT2D eigenvalue weighted by Crippen LogP contribution is -2.21. The van der Waals surface area contributed by atoms with Gasteiger partial charge in [0.15, 0.2) is 5.75 Å². The van der Waals surface area contributed by atoms with Gasteiger partial charge in [0, 0.05) is 35.3 Å². The van der Waals surface area contributed by atoms with Gasteiger partial charge in [-0.15, -0.1) is 0 Å². The van der Waals surface area contributed by atoms with Crippen LogP contribution in [0.4, 0.5) is 21.6 Å². The maximum atomic E-state index is 13.2. The summed E-state index contributed by atoms with van der Waals surface area (Å²) in [6.07, 6.45) is 1.82. The number of hydrogen-bond donors (Lipinski definition) is 3. The van der Waals surface area contributed by atoms with Crippen molar-refractivity contribution < 1.29 is 22.8 Å². The van der Waals surface area contributed by atoms with Gasteiger partial charge in [0.25, 0.3) is 5.91 Å². The van der Waals surface area contributed by atoms with Gasteiger partial charge in [-0.1, -0.05) is 0 Å². The number of nitrogens with one attached hydrogen (secondary N) is 3. The van der Waals surface area contributed by atoms with Crippen molar-refractivity contribution in [3.8, 4) is 5.75 Å². The summed E-state index contributed by atoms with van der Waals surface area (Å²) in [5.74, 6) is -1.60. The average molecular weight is 429 g/mol. The number of aromatic nitrogens is 3. The Bertz CT molecular complexity index is 1260. The van der Waals surface area contributed by atoms with Crippen molar-refractivity contribution in [1.29, 1.82) is 0 Å². The minimum atomic E-state index is -2.71. The van der Waals surface area contributed by atoms with Crippen LogP contribution in [0.1, 0.15) is 27.8 Å². The number of aryl methyl sites for hydroxylation is 1. The summed E-state index contributed by atoms with van der Waals surface area (Å²) in [4.78, 5) is 28.8. The molecule has 1 fully saturated rings. The molecule has 0 spiro atoms. The van der Waals surface area contributed by atoms with Crippen LogP contribution < -0.4 is 20.7 Å². The van der Waals surface area contributed by atoms with Crippen LogP contribution in [0.5, 0.6) is 5.75 Å². The molecule has 4 rings (SSSR count). The van der Waals surface area contributed by atoms with Crippen LogP contribution in [0.3, 0.4) is 0 Å². The highest BCUT2D eigenvalue weighted by molar-refractivity contribution is 6.02. The van der Waals surface area contributed by atoms with Gasteiger partial charge < -0.3 is 20.7 Å². The molecule has 2 amide bonds. The summed E-state index contributed by atoms with van der Waals surface area (Å²) < 4.78 is 42.6. The maximum Gasteiger partial charge on any atom is 0.254 e. The Hall–Kier alpha value is -3.69. The van der Waals surface area contributed by atoms with E-state index in [1.807, 2.05) is 18.3 Å². The van der Waals surface area contributed by atoms with Crippen LogP contribution in [0, 0.1) is 5.92 Å². The van der Waals surface area contributed by atoms with Crippen molar-refractivity contribution in [1.82, 2.24) is 20.1 Å². The van der Waals surface area contributed by atoms with E-state index in [4.69, 9.17) is 8.85 Å². The van der Waals surface area contributed by atoms with E-state index >= 15 is 0 Å². The number of hydrogen-bond acceptors (Lipinski definition) is 6. The fourth-order valence-electron chi connectivity index (χ4n) is 3.37. The van der Waals surface area contributed by atoms with Crippen LogP contribution in [0.2, 0.25) is 0 Å². The molecule has 0 saturated heterocycles. The molecule has 1 saturated carbocycles. The number of nitrogens with zero attached hydrogens (tertiary/aromatic N) is 3. The topological polar surface area (TPSA) is 110 Å². The first-order valence-electron chi connectivity index (χ1n) is 11.2. The number of halogens is 1. The third-order valence-corrected chi connectivity index (χ3v) is 5.09. The summed E-state index contributed by atoms with van der Waals surface area (Å²) >= 11 is 0. The number of fused-ring (bicyclic) bond motifs is 1. The number of ether oxygens (including phenoxy) is 1. The lowest BCUT2D eigenvalue weighted by Gasteiger charge is -2.16. The summed E-state index contributed by atoms with van der Waals surface area (Å²) in [6, 6.07) is 4.92. The SMILES string of the molecule is [2H]C([2H])([2H])NC(=O)c1cnc(NC(=O)[C@@H]2C[C@@H]2F)cc1Nc1ccc2cnn(CC)c2c1OC. The van der Waals surface area contributed by atoms with Crippen molar-refractivity contribution >= 4 is 39.9 Å². The van der Waals surface area contributed by atoms with Gasteiger partial charge in [-0.25, -0.2) is 9.37 Å². The first-order valence-corrected chi connectivity index (χ1v) is 9.68. The largest absolute Gasteiger partial charge is 0.492 e. The summed E-state index contributed by atoms with van der Waals surface area (Å²) in [5.41, 5.74) is 1.30. The Morgan fingerprint density at radius 2 is 2.16 bits per heavy atom. The van der Waals surface area contributed by atoms with Crippen molar-refractivity contribution in [2.75, 3.05) is 24.7 Å². The quantitative estimate of drug-likeness (QED) is 0.533. The second-order valence-corrected chi connectivity index (χ2v) is 7.09. The Morgan fingerprint density at radius 1 is 1.35 bits per heavy atom. The molecule has 10 heteroatoms. The molecule has 1 aromatic carbocycles. The smallest absolute Gasteiger partial charge is 0.254 e. The first-order chi connectivity index (χ1) is 16.1. The van der Waals surface area contributed by atoms with Gasteiger partial charge in [0.1, 0.15) is 17.5 Å². The predicted molar refractivity (Wildman–Crippen MR) is 115 cm³/mol. The van der Waals surface area contributed by atoms with E-state index in [2.05, 4.69) is 20.7 Å². The fourth-order valence-corrected chi connectivity index (χ4v) is 3.37. The number of amides is 2. The molecule has 1 aliphatic rings. The van der Waals surface area contributed by atoms with Gasteiger partial charge in [0.2, 0.25) is 5.91 Å². The van der Waals surface area contributed by atoms with Crippen molar-refractivity contribution in [3.05, 3.63) is 36.2 Å². The zero-order chi connectivity index (χ0) is 24.6. The van der Waals surface area contributed by atoms with Gasteiger partial charge in [-0.05, 0) is 25.5 Å². The zero-order valence-corrected chi connectivity index (χ0v) is 16.9. The van der Waals surface area contributed by atoms with Gasteiger partial charge in [-0.3, -0.25) is 14.3 Å². The minimum Gasteiger partial charge on any atom is -0.492 e. The molecule has 31 heavy (non-hydrogen) atoms. The Balaban J connectivity index is 1.74. The van der Waals surface area contributed by atoms with E-state index < -0.39 is 30.9 Å². The molecule has 0 bridgehead atoms.